The molecule has 10 heteroatoms. The third-order valence-electron chi connectivity index (χ3n) is 8.85. The van der Waals surface area contributed by atoms with Crippen molar-refractivity contribution in [1.29, 1.82) is 0 Å². The number of thiocarbonyl (C=S) groups is 2. The molecule has 0 spiro atoms. The minimum atomic E-state index is -1.19. The molecule has 0 radical (unpaired) electrons. The molecule has 50 heavy (non-hydrogen) atoms. The van der Waals surface area contributed by atoms with Gasteiger partial charge in [0, 0.05) is 38.0 Å². The number of nitrogens with zero attached hydrogens (tertiary/aromatic N) is 2. The van der Waals surface area contributed by atoms with Gasteiger partial charge < -0.3 is 29.5 Å². The van der Waals surface area contributed by atoms with E-state index >= 15 is 0 Å². The van der Waals surface area contributed by atoms with Crippen LogP contribution in [-0.4, -0.2) is 55.0 Å². The zero-order valence-corrected chi connectivity index (χ0v) is 29.8. The number of benzene rings is 4. The first-order valence-corrected chi connectivity index (χ1v) is 17.7. The summed E-state index contributed by atoms with van der Waals surface area (Å²) in [5, 5.41) is 20.6. The van der Waals surface area contributed by atoms with Crippen LogP contribution in [0, 0.1) is 23.7 Å². The second-order valence-corrected chi connectivity index (χ2v) is 13.3. The summed E-state index contributed by atoms with van der Waals surface area (Å²) in [4.78, 5) is 30.1. The normalized spacial score (nSPS) is 18.0. The van der Waals surface area contributed by atoms with Gasteiger partial charge >= 0.3 is 11.9 Å². The van der Waals surface area contributed by atoms with E-state index in [0.717, 1.165) is 35.5 Å². The van der Waals surface area contributed by atoms with Crippen LogP contribution in [0.25, 0.3) is 0 Å². The Bertz CT molecular complexity index is 1620. The summed E-state index contributed by atoms with van der Waals surface area (Å²) in [6.45, 7) is 6.10. The van der Waals surface area contributed by atoms with E-state index in [4.69, 9.17) is 33.9 Å². The van der Waals surface area contributed by atoms with Gasteiger partial charge in [0.05, 0.1) is 21.8 Å². The van der Waals surface area contributed by atoms with Gasteiger partial charge in [-0.3, -0.25) is 9.59 Å². The van der Waals surface area contributed by atoms with E-state index in [1.54, 1.807) is 0 Å². The Morgan fingerprint density at radius 3 is 1.16 bits per heavy atom. The smallest absolute Gasteiger partial charge is 0.308 e. The van der Waals surface area contributed by atoms with Crippen LogP contribution in [0.2, 0.25) is 0 Å². The first-order chi connectivity index (χ1) is 24.2. The number of para-hydroxylation sites is 2. The van der Waals surface area contributed by atoms with Crippen molar-refractivity contribution in [3.63, 3.8) is 0 Å². The SMILES string of the molecule is CCCN(Cc1ccc(Oc2ccccc2)cc1)C(=S)C1C(C(=O)O)C(C(=O)O)C1C(=S)N(CCC)Cc1ccc(Oc2ccccc2)cc1. The second-order valence-electron chi connectivity index (χ2n) is 12.4. The molecule has 0 saturated heterocycles. The lowest BCUT2D eigenvalue weighted by molar-refractivity contribution is -0.166. The van der Waals surface area contributed by atoms with Gasteiger partial charge in [-0.25, -0.2) is 0 Å². The molecule has 8 nitrogen and oxygen atoms in total. The zero-order chi connectivity index (χ0) is 35.6. The molecule has 4 aromatic carbocycles. The summed E-state index contributed by atoms with van der Waals surface area (Å²) in [7, 11) is 0. The Labute approximate surface area is 304 Å². The number of carboxylic acid groups (broad SMARTS) is 2. The van der Waals surface area contributed by atoms with E-state index in [-0.39, 0.29) is 0 Å². The second kappa shape index (κ2) is 17.2. The molecule has 4 unspecified atom stereocenters. The van der Waals surface area contributed by atoms with Crippen LogP contribution in [-0.2, 0) is 22.7 Å². The maximum atomic E-state index is 12.6. The van der Waals surface area contributed by atoms with Crippen molar-refractivity contribution in [3.05, 3.63) is 120 Å². The van der Waals surface area contributed by atoms with Crippen LogP contribution < -0.4 is 9.47 Å². The first kappa shape index (κ1) is 36.5. The number of hydrogen-bond donors (Lipinski definition) is 2. The highest BCUT2D eigenvalue weighted by atomic mass is 32.1. The van der Waals surface area contributed by atoms with Crippen LogP contribution in [0.4, 0.5) is 0 Å². The summed E-state index contributed by atoms with van der Waals surface area (Å²) >= 11 is 12.1. The quantitative estimate of drug-likeness (QED) is 0.110. The predicted molar refractivity (Wildman–Crippen MR) is 202 cm³/mol. The summed E-state index contributed by atoms with van der Waals surface area (Å²) in [5.41, 5.74) is 1.93. The van der Waals surface area contributed by atoms with E-state index in [9.17, 15) is 19.8 Å². The Hall–Kier alpha value is -4.80. The molecule has 1 aliphatic carbocycles. The van der Waals surface area contributed by atoms with Crippen LogP contribution in [0.15, 0.2) is 109 Å². The monoisotopic (exact) mass is 710 g/mol. The van der Waals surface area contributed by atoms with Crippen molar-refractivity contribution in [2.45, 2.75) is 39.8 Å². The van der Waals surface area contributed by atoms with Crippen molar-refractivity contribution in [3.8, 4) is 23.0 Å². The minimum absolute atomic E-state index is 0.424. The van der Waals surface area contributed by atoms with Gasteiger partial charge in [-0.2, -0.15) is 0 Å². The summed E-state index contributed by atoms with van der Waals surface area (Å²) in [5.74, 6) is -3.38. The van der Waals surface area contributed by atoms with Gasteiger partial charge in [0.15, 0.2) is 0 Å². The highest BCUT2D eigenvalue weighted by molar-refractivity contribution is 7.80. The van der Waals surface area contributed by atoms with Crippen molar-refractivity contribution < 1.29 is 29.3 Å². The third-order valence-corrected chi connectivity index (χ3v) is 9.91. The first-order valence-electron chi connectivity index (χ1n) is 16.9. The number of carboxylic acids is 2. The van der Waals surface area contributed by atoms with Crippen LogP contribution >= 0.6 is 24.4 Å². The molecule has 0 bridgehead atoms. The van der Waals surface area contributed by atoms with Gasteiger partial charge in [-0.05, 0) is 72.5 Å². The van der Waals surface area contributed by atoms with E-state index in [1.165, 1.54) is 0 Å². The lowest BCUT2D eigenvalue weighted by Crippen LogP contribution is -2.63. The number of aliphatic carboxylic acids is 2. The predicted octanol–water partition coefficient (Wildman–Crippen LogP) is 8.70. The maximum absolute atomic E-state index is 12.6. The van der Waals surface area contributed by atoms with Crippen molar-refractivity contribution in [2.75, 3.05) is 13.1 Å². The van der Waals surface area contributed by atoms with E-state index in [2.05, 4.69) is 0 Å². The van der Waals surface area contributed by atoms with Gasteiger partial charge in [0.2, 0.25) is 0 Å². The Morgan fingerprint density at radius 1 is 0.540 bits per heavy atom. The van der Waals surface area contributed by atoms with Crippen LogP contribution in [0.3, 0.4) is 0 Å². The van der Waals surface area contributed by atoms with Gasteiger partial charge in [-0.15, -0.1) is 0 Å². The standard InChI is InChI=1S/C40H42N2O6S2/c1-3-23-41(25-27-15-19-31(20-16-27)47-29-11-7-5-8-12-29)37(49)33-34(36(40(45)46)35(33)39(43)44)38(50)42(24-4-2)26-28-17-21-32(22-18-28)48-30-13-9-6-10-14-30/h5-22,33-36H,3-4,23-26H2,1-2H3,(H,43,44)(H,45,46). The summed E-state index contributed by atoms with van der Waals surface area (Å²) in [6.07, 6.45) is 1.53. The van der Waals surface area contributed by atoms with E-state index in [0.29, 0.717) is 47.7 Å². The molecule has 2 N–H and O–H groups in total. The topological polar surface area (TPSA) is 99.5 Å². The van der Waals surface area contributed by atoms with Crippen molar-refractivity contribution >= 4 is 46.4 Å². The summed E-state index contributed by atoms with van der Waals surface area (Å²) < 4.78 is 11.9. The fourth-order valence-corrected chi connectivity index (χ4v) is 7.39. The van der Waals surface area contributed by atoms with E-state index in [1.807, 2.05) is 133 Å². The molecular formula is C40H42N2O6S2. The molecule has 0 aliphatic heterocycles. The Kier molecular flexibility index (Phi) is 12.6. The average Bonchev–Trinajstić information content (AvgIpc) is 3.09. The largest absolute Gasteiger partial charge is 0.481 e. The highest BCUT2D eigenvalue weighted by Crippen LogP contribution is 2.50. The maximum Gasteiger partial charge on any atom is 0.308 e. The van der Waals surface area contributed by atoms with E-state index < -0.39 is 35.6 Å². The molecule has 1 saturated carbocycles. The minimum Gasteiger partial charge on any atom is -0.481 e. The lowest BCUT2D eigenvalue weighted by atomic mass is 9.55. The molecule has 0 aromatic heterocycles. The highest BCUT2D eigenvalue weighted by Gasteiger charge is 2.62. The van der Waals surface area contributed by atoms with Gasteiger partial charge in [0.1, 0.15) is 23.0 Å². The molecule has 1 aliphatic rings. The fraction of sp³-hybridized carbons (Fsp3) is 0.300. The van der Waals surface area contributed by atoms with Crippen molar-refractivity contribution in [1.82, 2.24) is 9.80 Å². The molecule has 4 aromatic rings. The van der Waals surface area contributed by atoms with Crippen molar-refractivity contribution in [2.24, 2.45) is 23.7 Å². The van der Waals surface area contributed by atoms with Crippen LogP contribution in [0.5, 0.6) is 23.0 Å². The Morgan fingerprint density at radius 2 is 0.860 bits per heavy atom. The lowest BCUT2D eigenvalue weighted by Gasteiger charge is -2.51. The molecular weight excluding hydrogens is 669 g/mol. The zero-order valence-electron chi connectivity index (χ0n) is 28.2. The number of rotatable bonds is 16. The molecule has 4 atom stereocenters. The average molecular weight is 711 g/mol. The number of ether oxygens (including phenoxy) is 2. The molecule has 0 heterocycles. The molecule has 5 rings (SSSR count). The number of carbonyl (C=O) groups is 2. The molecule has 1 fully saturated rings. The summed E-state index contributed by atoms with van der Waals surface area (Å²) in [6, 6.07) is 34.4. The van der Waals surface area contributed by atoms with Crippen LogP contribution in [0.1, 0.15) is 37.8 Å². The molecule has 260 valence electrons. The van der Waals surface area contributed by atoms with Gasteiger partial charge in [-0.1, -0.05) is 98.9 Å². The molecule has 0 amide bonds. The Balaban J connectivity index is 1.35. The number of hydrogen-bond acceptors (Lipinski definition) is 6. The van der Waals surface area contributed by atoms with Gasteiger partial charge in [0.25, 0.3) is 0 Å². The fourth-order valence-electron chi connectivity index (χ4n) is 6.49. The third kappa shape index (κ3) is 8.86.